The van der Waals surface area contributed by atoms with Gasteiger partial charge < -0.3 is 29.7 Å². The molecule has 7 nitrogen and oxygen atoms in total. The minimum absolute atomic E-state index is 0.128. The van der Waals surface area contributed by atoms with Crippen molar-refractivity contribution in [1.82, 2.24) is 5.32 Å². The first kappa shape index (κ1) is 24.1. The van der Waals surface area contributed by atoms with Crippen LogP contribution in [-0.4, -0.2) is 60.0 Å². The van der Waals surface area contributed by atoms with E-state index in [-0.39, 0.29) is 11.7 Å². The molecule has 1 aliphatic rings. The van der Waals surface area contributed by atoms with Crippen LogP contribution in [0.2, 0.25) is 0 Å². The highest BCUT2D eigenvalue weighted by Crippen LogP contribution is 2.34. The summed E-state index contributed by atoms with van der Waals surface area (Å²) in [5.74, 6) is -0.116. The molecular weight excluding hydrogens is 417 g/mol. The normalized spacial score (nSPS) is 24.7. The fourth-order valence-corrected chi connectivity index (χ4v) is 3.98. The topological polar surface area (TPSA) is 97.3 Å². The van der Waals surface area contributed by atoms with Crippen molar-refractivity contribution in [1.29, 1.82) is 0 Å². The highest BCUT2D eigenvalue weighted by atomic mass is 19.1. The largest absolute Gasteiger partial charge is 0.462 e. The van der Waals surface area contributed by atoms with Gasteiger partial charge in [0, 0.05) is 20.6 Å². The summed E-state index contributed by atoms with van der Waals surface area (Å²) >= 11 is 0. The molecule has 1 heterocycles. The molecule has 3 rings (SSSR count). The van der Waals surface area contributed by atoms with E-state index in [0.717, 1.165) is 11.1 Å². The molecule has 0 aromatic heterocycles. The predicted molar refractivity (Wildman–Crippen MR) is 117 cm³/mol. The molecule has 2 aromatic carbocycles. The molecule has 0 spiro atoms. The number of halogens is 1. The lowest BCUT2D eigenvalue weighted by Gasteiger charge is -2.46. The van der Waals surface area contributed by atoms with Gasteiger partial charge in [-0.15, -0.1) is 0 Å². The number of aliphatic hydroxyl groups excluding tert-OH is 2. The van der Waals surface area contributed by atoms with Crippen LogP contribution in [0.5, 0.6) is 5.75 Å². The smallest absolute Gasteiger partial charge is 0.229 e. The van der Waals surface area contributed by atoms with E-state index in [9.17, 15) is 19.4 Å². The first-order chi connectivity index (χ1) is 15.1. The third kappa shape index (κ3) is 5.45. The van der Waals surface area contributed by atoms with Crippen LogP contribution < -0.4 is 10.1 Å². The maximum Gasteiger partial charge on any atom is 0.229 e. The lowest BCUT2D eigenvalue weighted by atomic mass is 9.89. The third-order valence-electron chi connectivity index (χ3n) is 5.54. The van der Waals surface area contributed by atoms with Crippen LogP contribution >= 0.6 is 0 Å². The zero-order valence-corrected chi connectivity index (χ0v) is 18.7. The van der Waals surface area contributed by atoms with Crippen molar-refractivity contribution >= 4 is 5.91 Å². The Morgan fingerprint density at radius 2 is 1.94 bits per heavy atom. The van der Waals surface area contributed by atoms with Crippen molar-refractivity contribution in [2.24, 2.45) is 0 Å². The van der Waals surface area contributed by atoms with E-state index in [1.807, 2.05) is 6.07 Å². The second kappa shape index (κ2) is 9.95. The van der Waals surface area contributed by atoms with E-state index in [2.05, 4.69) is 5.32 Å². The summed E-state index contributed by atoms with van der Waals surface area (Å²) in [5, 5.41) is 23.7. The van der Waals surface area contributed by atoms with E-state index in [4.69, 9.17) is 14.2 Å². The third-order valence-corrected chi connectivity index (χ3v) is 5.54. The van der Waals surface area contributed by atoms with Gasteiger partial charge >= 0.3 is 0 Å². The number of nitrogens with one attached hydrogen (secondary N) is 1. The first-order valence-corrected chi connectivity index (χ1v) is 10.5. The Morgan fingerprint density at radius 3 is 2.59 bits per heavy atom. The molecule has 4 atom stereocenters. The van der Waals surface area contributed by atoms with E-state index < -0.39 is 30.2 Å². The second-order valence-electron chi connectivity index (χ2n) is 8.41. The van der Waals surface area contributed by atoms with Crippen molar-refractivity contribution in [2.75, 3.05) is 13.7 Å². The van der Waals surface area contributed by atoms with Crippen molar-refractivity contribution in [3.05, 3.63) is 53.8 Å². The van der Waals surface area contributed by atoms with Crippen LogP contribution in [-0.2, 0) is 20.7 Å². The Morgan fingerprint density at radius 1 is 1.19 bits per heavy atom. The molecule has 1 fully saturated rings. The van der Waals surface area contributed by atoms with Gasteiger partial charge in [0.25, 0.3) is 0 Å². The van der Waals surface area contributed by atoms with E-state index in [1.165, 1.54) is 26.2 Å². The molecule has 0 bridgehead atoms. The lowest BCUT2D eigenvalue weighted by molar-refractivity contribution is -0.305. The minimum Gasteiger partial charge on any atom is -0.462 e. The number of rotatable bonds is 7. The van der Waals surface area contributed by atoms with Crippen molar-refractivity contribution in [2.45, 2.75) is 57.4 Å². The molecule has 174 valence electrons. The Labute approximate surface area is 187 Å². The molecule has 0 aliphatic carbocycles. The summed E-state index contributed by atoms with van der Waals surface area (Å²) in [6.07, 6.45) is -3.85. The van der Waals surface area contributed by atoms with Gasteiger partial charge in [0.15, 0.2) is 0 Å². The van der Waals surface area contributed by atoms with E-state index in [0.29, 0.717) is 24.3 Å². The number of ether oxygens (including phenoxy) is 3. The number of carbonyl (C=O) groups excluding carboxylic acids is 1. The van der Waals surface area contributed by atoms with Gasteiger partial charge in [-0.3, -0.25) is 4.79 Å². The van der Waals surface area contributed by atoms with Gasteiger partial charge in [-0.05, 0) is 61.2 Å². The van der Waals surface area contributed by atoms with Gasteiger partial charge in [-0.2, -0.15) is 0 Å². The summed E-state index contributed by atoms with van der Waals surface area (Å²) in [7, 11) is 1.44. The molecule has 1 saturated heterocycles. The molecular formula is C24H30FNO6. The average molecular weight is 448 g/mol. The standard InChI is InChI=1S/C24H30FNO6/c1-14(27)26-11-10-15-8-9-18(13-19(15)16-6-5-7-17(25)12-16)31-23-21(29)20(28)22(30-4)24(2,3)32-23/h5-9,12-13,20-23,28-29H,10-11H2,1-4H3,(H,26,27)/t20-,21+,22+,23-/m0/s1. The zero-order chi connectivity index (χ0) is 23.5. The van der Waals surface area contributed by atoms with Crippen LogP contribution in [0.25, 0.3) is 11.1 Å². The molecule has 1 amide bonds. The molecule has 3 N–H and O–H groups in total. The molecule has 0 unspecified atom stereocenters. The summed E-state index contributed by atoms with van der Waals surface area (Å²) in [5.41, 5.74) is 1.37. The van der Waals surface area contributed by atoms with Crippen LogP contribution in [0.1, 0.15) is 26.3 Å². The SMILES string of the molecule is CO[C@@H]1[C@@H](O)[C@@H](O)[C@@H](Oc2ccc(CCNC(C)=O)c(-c3cccc(F)c3)c2)OC1(C)C. The van der Waals surface area contributed by atoms with Gasteiger partial charge in [-0.25, -0.2) is 4.39 Å². The molecule has 8 heteroatoms. The molecule has 32 heavy (non-hydrogen) atoms. The number of hydrogen-bond donors (Lipinski definition) is 3. The van der Waals surface area contributed by atoms with Crippen LogP contribution in [0, 0.1) is 5.82 Å². The maximum absolute atomic E-state index is 13.9. The number of aliphatic hydroxyl groups is 2. The first-order valence-electron chi connectivity index (χ1n) is 10.5. The Bertz CT molecular complexity index is 950. The van der Waals surface area contributed by atoms with Crippen LogP contribution in [0.4, 0.5) is 4.39 Å². The predicted octanol–water partition coefficient (Wildman–Crippen LogP) is 2.42. The molecule has 2 aromatic rings. The molecule has 1 aliphatic heterocycles. The summed E-state index contributed by atoms with van der Waals surface area (Å²) in [6.45, 7) is 5.37. The summed E-state index contributed by atoms with van der Waals surface area (Å²) in [6, 6.07) is 11.5. The maximum atomic E-state index is 13.9. The van der Waals surface area contributed by atoms with Gasteiger partial charge in [0.05, 0.1) is 5.60 Å². The number of methoxy groups -OCH3 is 1. The minimum atomic E-state index is -1.33. The summed E-state index contributed by atoms with van der Waals surface area (Å²) < 4.78 is 31.0. The average Bonchev–Trinajstić information content (AvgIpc) is 2.72. The fraction of sp³-hybridized carbons (Fsp3) is 0.458. The monoisotopic (exact) mass is 447 g/mol. The van der Waals surface area contributed by atoms with Crippen LogP contribution in [0.15, 0.2) is 42.5 Å². The second-order valence-corrected chi connectivity index (χ2v) is 8.41. The number of benzene rings is 2. The van der Waals surface area contributed by atoms with Crippen molar-refractivity contribution < 1.29 is 33.6 Å². The fourth-order valence-electron chi connectivity index (χ4n) is 3.98. The highest BCUT2D eigenvalue weighted by molar-refractivity contribution is 5.73. The lowest BCUT2D eigenvalue weighted by Crippen LogP contribution is -2.63. The summed E-state index contributed by atoms with van der Waals surface area (Å²) in [4.78, 5) is 11.2. The quantitative estimate of drug-likeness (QED) is 0.603. The van der Waals surface area contributed by atoms with E-state index in [1.54, 1.807) is 38.1 Å². The zero-order valence-electron chi connectivity index (χ0n) is 18.7. The molecule has 0 radical (unpaired) electrons. The Hall–Kier alpha value is -2.52. The van der Waals surface area contributed by atoms with Gasteiger partial charge in [0.2, 0.25) is 12.2 Å². The molecule has 0 saturated carbocycles. The van der Waals surface area contributed by atoms with Gasteiger partial charge in [-0.1, -0.05) is 18.2 Å². The van der Waals surface area contributed by atoms with Crippen LogP contribution in [0.3, 0.4) is 0 Å². The van der Waals surface area contributed by atoms with Gasteiger partial charge in [0.1, 0.15) is 29.9 Å². The number of amides is 1. The van der Waals surface area contributed by atoms with E-state index >= 15 is 0 Å². The Balaban J connectivity index is 1.89. The Kier molecular flexibility index (Phi) is 7.51. The van der Waals surface area contributed by atoms with Crippen molar-refractivity contribution in [3.8, 4) is 16.9 Å². The van der Waals surface area contributed by atoms with Crippen molar-refractivity contribution in [3.63, 3.8) is 0 Å². The number of hydrogen-bond acceptors (Lipinski definition) is 6. The highest BCUT2D eigenvalue weighted by Gasteiger charge is 2.50. The number of carbonyl (C=O) groups is 1.